The van der Waals surface area contributed by atoms with Crippen LogP contribution in [0.25, 0.3) is 0 Å². The van der Waals surface area contributed by atoms with E-state index in [1.807, 2.05) is 0 Å². The molecular formula is C17H26N2O3S. The minimum absolute atomic E-state index is 0.179. The Bertz CT molecular complexity index is 620. The monoisotopic (exact) mass is 338 g/mol. The van der Waals surface area contributed by atoms with Gasteiger partial charge in [-0.05, 0) is 36.8 Å². The average Bonchev–Trinajstić information content (AvgIpc) is 2.51. The van der Waals surface area contributed by atoms with E-state index in [9.17, 15) is 8.42 Å². The second-order valence-electron chi connectivity index (χ2n) is 6.50. The van der Waals surface area contributed by atoms with Gasteiger partial charge in [0.05, 0.1) is 19.0 Å². The van der Waals surface area contributed by atoms with Crippen molar-refractivity contribution >= 4 is 10.0 Å². The van der Waals surface area contributed by atoms with Crippen molar-refractivity contribution in [2.24, 2.45) is 0 Å². The fraction of sp³-hybridized carbons (Fsp3) is 0.647. The lowest BCUT2D eigenvalue weighted by Crippen LogP contribution is -2.46. The largest absolute Gasteiger partial charge is 0.379 e. The first-order valence-electron chi connectivity index (χ1n) is 8.41. The Labute approximate surface area is 139 Å². The molecule has 2 aliphatic rings. The molecule has 0 amide bonds. The summed E-state index contributed by atoms with van der Waals surface area (Å²) in [5.41, 5.74) is 2.79. The van der Waals surface area contributed by atoms with Crippen molar-refractivity contribution in [2.45, 2.75) is 31.7 Å². The fourth-order valence-corrected chi connectivity index (χ4v) is 4.77. The van der Waals surface area contributed by atoms with Gasteiger partial charge in [-0.15, -0.1) is 0 Å². The molecule has 6 heteroatoms. The maximum Gasteiger partial charge on any atom is 0.215 e. The maximum absolute atomic E-state index is 12.2. The average molecular weight is 338 g/mol. The van der Waals surface area contributed by atoms with Gasteiger partial charge >= 0.3 is 0 Å². The third-order valence-electron chi connectivity index (χ3n) is 4.92. The van der Waals surface area contributed by atoms with E-state index in [1.165, 1.54) is 11.1 Å². The molecule has 1 heterocycles. The molecule has 128 valence electrons. The van der Waals surface area contributed by atoms with E-state index < -0.39 is 10.0 Å². The van der Waals surface area contributed by atoms with Crippen LogP contribution in [0.1, 0.15) is 29.9 Å². The van der Waals surface area contributed by atoms with Gasteiger partial charge in [-0.3, -0.25) is 0 Å². The van der Waals surface area contributed by atoms with Gasteiger partial charge in [-0.25, -0.2) is 8.42 Å². The second-order valence-corrected chi connectivity index (χ2v) is 8.59. The Balaban J connectivity index is 1.40. The highest BCUT2D eigenvalue weighted by Crippen LogP contribution is 2.38. The van der Waals surface area contributed by atoms with Gasteiger partial charge in [-0.2, -0.15) is 4.31 Å². The number of ether oxygens (including phenoxy) is 1. The normalized spacial score (nSPS) is 26.0. The van der Waals surface area contributed by atoms with Crippen molar-refractivity contribution < 1.29 is 13.2 Å². The van der Waals surface area contributed by atoms with Gasteiger partial charge < -0.3 is 10.1 Å². The van der Waals surface area contributed by atoms with E-state index in [2.05, 4.69) is 36.5 Å². The summed E-state index contributed by atoms with van der Waals surface area (Å²) >= 11 is 0. The van der Waals surface area contributed by atoms with Crippen molar-refractivity contribution in [1.82, 2.24) is 9.62 Å². The van der Waals surface area contributed by atoms with Crippen LogP contribution in [-0.4, -0.2) is 57.4 Å². The zero-order valence-electron chi connectivity index (χ0n) is 13.7. The topological polar surface area (TPSA) is 58.6 Å². The molecule has 1 saturated carbocycles. The number of hydrogen-bond donors (Lipinski definition) is 1. The molecule has 0 bridgehead atoms. The minimum Gasteiger partial charge on any atom is -0.379 e. The van der Waals surface area contributed by atoms with Crippen molar-refractivity contribution in [1.29, 1.82) is 0 Å². The summed E-state index contributed by atoms with van der Waals surface area (Å²) in [5.74, 6) is 0.794. The zero-order valence-corrected chi connectivity index (χ0v) is 14.5. The number of nitrogens with one attached hydrogen (secondary N) is 1. The van der Waals surface area contributed by atoms with Crippen LogP contribution >= 0.6 is 0 Å². The van der Waals surface area contributed by atoms with Gasteiger partial charge in [0.1, 0.15) is 0 Å². The molecule has 2 fully saturated rings. The minimum atomic E-state index is -3.14. The summed E-state index contributed by atoms with van der Waals surface area (Å²) < 4.78 is 31.2. The molecular weight excluding hydrogens is 312 g/mol. The molecule has 1 saturated heterocycles. The van der Waals surface area contributed by atoms with Gasteiger partial charge in [0.2, 0.25) is 10.0 Å². The Morgan fingerprint density at radius 2 is 1.91 bits per heavy atom. The molecule has 23 heavy (non-hydrogen) atoms. The molecule has 1 aliphatic heterocycles. The third-order valence-corrected chi connectivity index (χ3v) is 6.79. The van der Waals surface area contributed by atoms with E-state index in [0.29, 0.717) is 44.8 Å². The number of morpholine rings is 1. The van der Waals surface area contributed by atoms with Crippen LogP contribution in [0.2, 0.25) is 0 Å². The van der Waals surface area contributed by atoms with Gasteiger partial charge in [0.25, 0.3) is 0 Å². The lowest BCUT2D eigenvalue weighted by Gasteiger charge is -2.37. The van der Waals surface area contributed by atoms with Gasteiger partial charge in [0, 0.05) is 25.7 Å². The summed E-state index contributed by atoms with van der Waals surface area (Å²) in [6.45, 7) is 4.68. The highest BCUT2D eigenvalue weighted by Gasteiger charge is 2.31. The van der Waals surface area contributed by atoms with Crippen LogP contribution in [0.4, 0.5) is 0 Å². The molecule has 0 atom stereocenters. The molecule has 0 radical (unpaired) electrons. The summed E-state index contributed by atoms with van der Waals surface area (Å²) in [7, 11) is -3.14. The molecule has 0 spiro atoms. The van der Waals surface area contributed by atoms with Crippen LogP contribution in [0.3, 0.4) is 0 Å². The standard InChI is InChI=1S/C17H26N2O3S/c1-14-4-2-3-5-17(14)15-12-16(13-15)18-6-11-23(20,21)19-7-9-22-10-8-19/h2-5,15-16,18H,6-13H2,1H3. The van der Waals surface area contributed by atoms with E-state index in [0.717, 1.165) is 12.8 Å². The quantitative estimate of drug-likeness (QED) is 0.854. The van der Waals surface area contributed by atoms with E-state index in [-0.39, 0.29) is 5.75 Å². The molecule has 0 unspecified atom stereocenters. The van der Waals surface area contributed by atoms with Crippen LogP contribution in [0.15, 0.2) is 24.3 Å². The van der Waals surface area contributed by atoms with E-state index in [1.54, 1.807) is 4.31 Å². The summed E-state index contributed by atoms with van der Waals surface area (Å²) in [5, 5.41) is 3.40. The molecule has 1 aliphatic carbocycles. The number of benzene rings is 1. The maximum atomic E-state index is 12.2. The summed E-state index contributed by atoms with van der Waals surface area (Å²) in [6.07, 6.45) is 2.20. The van der Waals surface area contributed by atoms with Crippen LogP contribution in [0, 0.1) is 6.92 Å². The zero-order chi connectivity index (χ0) is 16.3. The van der Waals surface area contributed by atoms with Crippen molar-refractivity contribution in [3.63, 3.8) is 0 Å². The van der Waals surface area contributed by atoms with Crippen molar-refractivity contribution in [3.8, 4) is 0 Å². The molecule has 3 rings (SSSR count). The molecule has 1 N–H and O–H groups in total. The van der Waals surface area contributed by atoms with Crippen LogP contribution in [0.5, 0.6) is 0 Å². The predicted octanol–water partition coefficient (Wildman–Crippen LogP) is 1.49. The smallest absolute Gasteiger partial charge is 0.215 e. The van der Waals surface area contributed by atoms with E-state index >= 15 is 0 Å². The lowest BCUT2D eigenvalue weighted by atomic mass is 9.74. The third kappa shape index (κ3) is 4.12. The molecule has 1 aromatic carbocycles. The summed E-state index contributed by atoms with van der Waals surface area (Å²) in [4.78, 5) is 0. The van der Waals surface area contributed by atoms with Crippen LogP contribution < -0.4 is 5.32 Å². The number of hydrogen-bond acceptors (Lipinski definition) is 4. The second kappa shape index (κ2) is 7.30. The highest BCUT2D eigenvalue weighted by molar-refractivity contribution is 7.89. The highest BCUT2D eigenvalue weighted by atomic mass is 32.2. The van der Waals surface area contributed by atoms with Crippen LogP contribution in [-0.2, 0) is 14.8 Å². The van der Waals surface area contributed by atoms with Crippen molar-refractivity contribution in [3.05, 3.63) is 35.4 Å². The molecule has 0 aromatic heterocycles. The van der Waals surface area contributed by atoms with Gasteiger partial charge in [-0.1, -0.05) is 24.3 Å². The number of rotatable bonds is 6. The number of nitrogens with zero attached hydrogens (tertiary/aromatic N) is 1. The SMILES string of the molecule is Cc1ccccc1C1CC(NCCS(=O)(=O)N2CCOCC2)C1. The summed E-state index contributed by atoms with van der Waals surface area (Å²) in [6, 6.07) is 8.98. The fourth-order valence-electron chi connectivity index (χ4n) is 3.43. The van der Waals surface area contributed by atoms with Gasteiger partial charge in [0.15, 0.2) is 0 Å². The first kappa shape index (κ1) is 16.9. The lowest BCUT2D eigenvalue weighted by molar-refractivity contribution is 0.0730. The first-order valence-corrected chi connectivity index (χ1v) is 10.0. The Kier molecular flexibility index (Phi) is 5.36. The molecule has 1 aromatic rings. The Morgan fingerprint density at radius 1 is 1.22 bits per heavy atom. The Hall–Kier alpha value is -0.950. The molecule has 5 nitrogen and oxygen atoms in total. The first-order chi connectivity index (χ1) is 11.1. The van der Waals surface area contributed by atoms with Crippen molar-refractivity contribution in [2.75, 3.05) is 38.6 Å². The number of sulfonamides is 1. The predicted molar refractivity (Wildman–Crippen MR) is 91.1 cm³/mol. The van der Waals surface area contributed by atoms with E-state index in [4.69, 9.17) is 4.74 Å². The number of aryl methyl sites for hydroxylation is 1. The Morgan fingerprint density at radius 3 is 2.61 bits per heavy atom.